The second-order valence-corrected chi connectivity index (χ2v) is 6.07. The van der Waals surface area contributed by atoms with Crippen molar-refractivity contribution in [1.82, 2.24) is 5.06 Å². The molecule has 0 bridgehead atoms. The fourth-order valence-electron chi connectivity index (χ4n) is 2.92. The van der Waals surface area contributed by atoms with Gasteiger partial charge in [-0.1, -0.05) is 42.5 Å². The van der Waals surface area contributed by atoms with Crippen LogP contribution in [0.25, 0.3) is 0 Å². The number of carbonyl (C=O) groups excluding carboxylic acids is 2. The summed E-state index contributed by atoms with van der Waals surface area (Å²) in [6.07, 6.45) is 0. The third-order valence-electron chi connectivity index (χ3n) is 4.08. The number of nitrogens with zero attached hydrogens (tertiary/aromatic N) is 1. The van der Waals surface area contributed by atoms with Crippen molar-refractivity contribution in [2.75, 3.05) is 19.5 Å². The molecule has 1 aliphatic heterocycles. The largest absolute Gasteiger partial charge is 0.323 e. The van der Waals surface area contributed by atoms with E-state index in [-0.39, 0.29) is 5.91 Å². The van der Waals surface area contributed by atoms with Crippen molar-refractivity contribution in [2.24, 2.45) is 0 Å². The SMILES string of the molecule is CON(C)C(=O)[C@]1(c2ccccc2)C(=O)Nc2c(Br)cccc21. The monoisotopic (exact) mass is 374 g/mol. The third-order valence-corrected chi connectivity index (χ3v) is 4.75. The maximum absolute atomic E-state index is 13.1. The maximum Gasteiger partial charge on any atom is 0.270 e. The van der Waals surface area contributed by atoms with Gasteiger partial charge in [-0.2, -0.15) is 0 Å². The van der Waals surface area contributed by atoms with E-state index in [1.54, 1.807) is 36.4 Å². The summed E-state index contributed by atoms with van der Waals surface area (Å²) in [5, 5.41) is 3.91. The van der Waals surface area contributed by atoms with Gasteiger partial charge >= 0.3 is 0 Å². The van der Waals surface area contributed by atoms with Gasteiger partial charge in [0, 0.05) is 17.1 Å². The number of likely N-dealkylation sites (N-methyl/N-ethyl adjacent to an activating group) is 1. The fraction of sp³-hybridized carbons (Fsp3) is 0.176. The number of hydrogen-bond donors (Lipinski definition) is 1. The molecule has 0 radical (unpaired) electrons. The summed E-state index contributed by atoms with van der Waals surface area (Å²) in [7, 11) is 2.89. The number of anilines is 1. The number of fused-ring (bicyclic) bond motifs is 1. The summed E-state index contributed by atoms with van der Waals surface area (Å²) in [5.41, 5.74) is 0.352. The highest BCUT2D eigenvalue weighted by atomic mass is 79.9. The second-order valence-electron chi connectivity index (χ2n) is 5.22. The van der Waals surface area contributed by atoms with Crippen LogP contribution in [0.3, 0.4) is 0 Å². The van der Waals surface area contributed by atoms with Gasteiger partial charge < -0.3 is 5.32 Å². The van der Waals surface area contributed by atoms with Crippen LogP contribution in [-0.4, -0.2) is 31.0 Å². The van der Waals surface area contributed by atoms with Crippen LogP contribution in [0.2, 0.25) is 0 Å². The molecule has 1 aliphatic rings. The first-order valence-electron chi connectivity index (χ1n) is 7.01. The van der Waals surface area contributed by atoms with Crippen LogP contribution in [0.1, 0.15) is 11.1 Å². The van der Waals surface area contributed by atoms with Crippen molar-refractivity contribution < 1.29 is 14.4 Å². The van der Waals surface area contributed by atoms with Crippen molar-refractivity contribution in [3.63, 3.8) is 0 Å². The van der Waals surface area contributed by atoms with Crippen LogP contribution < -0.4 is 5.32 Å². The molecular weight excluding hydrogens is 360 g/mol. The molecule has 1 atom stereocenters. The topological polar surface area (TPSA) is 58.6 Å². The van der Waals surface area contributed by atoms with Gasteiger partial charge in [-0.15, -0.1) is 0 Å². The smallest absolute Gasteiger partial charge is 0.270 e. The first kappa shape index (κ1) is 15.7. The molecule has 1 heterocycles. The minimum absolute atomic E-state index is 0.389. The quantitative estimate of drug-likeness (QED) is 0.663. The lowest BCUT2D eigenvalue weighted by Crippen LogP contribution is -2.50. The number of halogens is 1. The minimum Gasteiger partial charge on any atom is -0.323 e. The molecular formula is C17H15BrN2O3. The number of hydroxylamine groups is 2. The summed E-state index contributed by atoms with van der Waals surface area (Å²) in [4.78, 5) is 31.1. The Morgan fingerprint density at radius 2 is 1.87 bits per heavy atom. The Kier molecular flexibility index (Phi) is 3.95. The maximum atomic E-state index is 13.1. The van der Waals surface area contributed by atoms with E-state index in [1.165, 1.54) is 14.2 Å². The molecule has 3 rings (SSSR count). The van der Waals surface area contributed by atoms with Crippen molar-refractivity contribution in [1.29, 1.82) is 0 Å². The van der Waals surface area contributed by atoms with E-state index < -0.39 is 11.3 Å². The van der Waals surface area contributed by atoms with E-state index in [0.717, 1.165) is 9.54 Å². The molecule has 0 spiro atoms. The molecule has 0 aliphatic carbocycles. The summed E-state index contributed by atoms with van der Waals surface area (Å²) in [6, 6.07) is 14.4. The number of benzene rings is 2. The van der Waals surface area contributed by atoms with Crippen LogP contribution in [0.15, 0.2) is 53.0 Å². The van der Waals surface area contributed by atoms with E-state index in [0.29, 0.717) is 16.8 Å². The number of para-hydroxylation sites is 1. The van der Waals surface area contributed by atoms with Crippen LogP contribution in [0.4, 0.5) is 5.69 Å². The second kappa shape index (κ2) is 5.79. The van der Waals surface area contributed by atoms with Gasteiger partial charge in [-0.3, -0.25) is 14.4 Å². The van der Waals surface area contributed by atoms with Crippen LogP contribution >= 0.6 is 15.9 Å². The number of carbonyl (C=O) groups is 2. The van der Waals surface area contributed by atoms with Crippen LogP contribution in [0, 0.1) is 0 Å². The Hall–Kier alpha value is -2.18. The molecule has 2 aromatic carbocycles. The molecule has 23 heavy (non-hydrogen) atoms. The Morgan fingerprint density at radius 3 is 2.52 bits per heavy atom. The van der Waals surface area contributed by atoms with E-state index >= 15 is 0 Å². The first-order chi connectivity index (χ1) is 11.0. The van der Waals surface area contributed by atoms with E-state index in [2.05, 4.69) is 21.2 Å². The lowest BCUT2D eigenvalue weighted by molar-refractivity contribution is -0.174. The zero-order chi connectivity index (χ0) is 16.6. The van der Waals surface area contributed by atoms with Gasteiger partial charge in [-0.05, 0) is 27.6 Å². The highest BCUT2D eigenvalue weighted by Crippen LogP contribution is 2.46. The molecule has 0 fully saturated rings. The fourth-order valence-corrected chi connectivity index (χ4v) is 3.39. The number of amides is 2. The van der Waals surface area contributed by atoms with Crippen LogP contribution in [0.5, 0.6) is 0 Å². The van der Waals surface area contributed by atoms with Gasteiger partial charge in [0.1, 0.15) is 0 Å². The normalized spacial score (nSPS) is 19.2. The summed E-state index contributed by atoms with van der Waals surface area (Å²) >= 11 is 3.43. The van der Waals surface area contributed by atoms with Crippen LogP contribution in [-0.2, 0) is 19.8 Å². The molecule has 118 valence electrons. The van der Waals surface area contributed by atoms with E-state index in [9.17, 15) is 9.59 Å². The molecule has 6 heteroatoms. The van der Waals surface area contributed by atoms with Crippen molar-refractivity contribution in [3.05, 3.63) is 64.1 Å². The van der Waals surface area contributed by atoms with E-state index in [1.807, 2.05) is 12.1 Å². The molecule has 0 saturated carbocycles. The first-order valence-corrected chi connectivity index (χ1v) is 7.81. The number of nitrogens with one attached hydrogen (secondary N) is 1. The molecule has 1 N–H and O–H groups in total. The van der Waals surface area contributed by atoms with Crippen molar-refractivity contribution in [2.45, 2.75) is 5.41 Å². The van der Waals surface area contributed by atoms with Gasteiger partial charge in [0.25, 0.3) is 5.91 Å². The Balaban J connectivity index is 2.33. The standard InChI is InChI=1S/C17H15BrN2O3/c1-20(23-2)16(22)17(11-7-4-3-5-8-11)12-9-6-10-13(18)14(12)19-15(17)21/h3-10H,1-2H3,(H,19,21)/t17-/m0/s1. The Labute approximate surface area is 142 Å². The average molecular weight is 375 g/mol. The Morgan fingerprint density at radius 1 is 1.17 bits per heavy atom. The molecule has 0 saturated heterocycles. The zero-order valence-electron chi connectivity index (χ0n) is 12.7. The van der Waals surface area contributed by atoms with Gasteiger partial charge in [0.15, 0.2) is 5.41 Å². The summed E-state index contributed by atoms with van der Waals surface area (Å²) in [5.74, 6) is -0.833. The zero-order valence-corrected chi connectivity index (χ0v) is 14.3. The summed E-state index contributed by atoms with van der Waals surface area (Å²) in [6.45, 7) is 0. The van der Waals surface area contributed by atoms with Crippen molar-refractivity contribution in [3.8, 4) is 0 Å². The minimum atomic E-state index is -1.47. The molecule has 0 unspecified atom stereocenters. The number of rotatable bonds is 3. The predicted molar refractivity (Wildman–Crippen MR) is 89.8 cm³/mol. The van der Waals surface area contributed by atoms with Gasteiger partial charge in [0.05, 0.1) is 12.8 Å². The van der Waals surface area contributed by atoms with Crippen molar-refractivity contribution >= 4 is 33.4 Å². The highest BCUT2D eigenvalue weighted by Gasteiger charge is 2.56. The lowest BCUT2D eigenvalue weighted by atomic mass is 9.74. The van der Waals surface area contributed by atoms with E-state index in [4.69, 9.17) is 4.84 Å². The lowest BCUT2D eigenvalue weighted by Gasteiger charge is -2.30. The molecule has 2 aromatic rings. The number of hydrogen-bond acceptors (Lipinski definition) is 3. The highest BCUT2D eigenvalue weighted by molar-refractivity contribution is 9.10. The third kappa shape index (κ3) is 2.17. The Bertz CT molecular complexity index is 779. The molecule has 0 aromatic heterocycles. The molecule has 2 amide bonds. The van der Waals surface area contributed by atoms with Gasteiger partial charge in [0.2, 0.25) is 5.91 Å². The molecule has 5 nitrogen and oxygen atoms in total. The van der Waals surface area contributed by atoms with Gasteiger partial charge in [-0.25, -0.2) is 5.06 Å². The average Bonchev–Trinajstić information content (AvgIpc) is 2.88. The summed E-state index contributed by atoms with van der Waals surface area (Å²) < 4.78 is 0.731. The predicted octanol–water partition coefficient (Wildman–Crippen LogP) is 2.71.